The maximum absolute atomic E-state index is 11.8. The number of urea groups is 1. The first-order chi connectivity index (χ1) is 15.6. The molecular formula is C23H32N4O5. The molecule has 1 aliphatic carbocycles. The maximum atomic E-state index is 11.8. The van der Waals surface area contributed by atoms with Crippen LogP contribution in [0.15, 0.2) is 48.1 Å². The molecule has 0 bridgehead atoms. The Balaban J connectivity index is 1.54. The number of hydrogen-bond donors (Lipinski definition) is 4. The largest absolute Gasteiger partial charge is 0.450 e. The van der Waals surface area contributed by atoms with Gasteiger partial charge in [0.1, 0.15) is 0 Å². The number of allylic oxidation sites excluding steroid dienone is 2. The number of hydrogen-bond acceptors (Lipinski definition) is 5. The first-order valence-electron chi connectivity index (χ1n) is 10.8. The third-order valence-electron chi connectivity index (χ3n) is 4.51. The molecule has 1 aromatic rings. The molecule has 0 aliphatic heterocycles. The predicted octanol–water partition coefficient (Wildman–Crippen LogP) is 3.12. The van der Waals surface area contributed by atoms with E-state index in [-0.39, 0.29) is 12.6 Å². The van der Waals surface area contributed by atoms with Gasteiger partial charge in [0.2, 0.25) is 0 Å². The van der Waals surface area contributed by atoms with Crippen molar-refractivity contribution in [3.8, 4) is 0 Å². The van der Waals surface area contributed by atoms with Crippen molar-refractivity contribution in [2.45, 2.75) is 39.3 Å². The second-order valence-corrected chi connectivity index (χ2v) is 7.11. The van der Waals surface area contributed by atoms with Gasteiger partial charge in [-0.3, -0.25) is 0 Å². The van der Waals surface area contributed by atoms with E-state index in [1.165, 1.54) is 0 Å². The van der Waals surface area contributed by atoms with E-state index >= 15 is 0 Å². The highest BCUT2D eigenvalue weighted by Gasteiger charge is 2.05. The molecule has 2 rings (SSSR count). The first-order valence-corrected chi connectivity index (χ1v) is 10.8. The Labute approximate surface area is 188 Å². The van der Waals surface area contributed by atoms with Gasteiger partial charge in [-0.2, -0.15) is 0 Å². The fraction of sp³-hybridized carbons (Fsp3) is 0.435. The summed E-state index contributed by atoms with van der Waals surface area (Å²) in [4.78, 5) is 35.0. The normalized spacial score (nSPS) is 12.3. The summed E-state index contributed by atoms with van der Waals surface area (Å²) in [7, 11) is 0. The zero-order valence-corrected chi connectivity index (χ0v) is 18.4. The molecule has 0 fully saturated rings. The highest BCUT2D eigenvalue weighted by atomic mass is 16.6. The summed E-state index contributed by atoms with van der Waals surface area (Å²) in [5.41, 5.74) is 2.88. The minimum Gasteiger partial charge on any atom is -0.450 e. The molecule has 4 N–H and O–H groups in total. The molecule has 0 spiro atoms. The predicted molar refractivity (Wildman–Crippen MR) is 121 cm³/mol. The van der Waals surface area contributed by atoms with Gasteiger partial charge in [0.05, 0.1) is 13.2 Å². The molecule has 0 saturated carbocycles. The van der Waals surface area contributed by atoms with E-state index in [1.807, 2.05) is 30.3 Å². The molecule has 1 aromatic carbocycles. The smallest absolute Gasteiger partial charge is 0.407 e. The van der Waals surface area contributed by atoms with E-state index in [0.717, 1.165) is 29.5 Å². The van der Waals surface area contributed by atoms with Crippen LogP contribution in [0.1, 0.15) is 37.3 Å². The van der Waals surface area contributed by atoms with E-state index in [9.17, 15) is 14.4 Å². The fourth-order valence-corrected chi connectivity index (χ4v) is 2.91. The van der Waals surface area contributed by atoms with Gasteiger partial charge in [-0.1, -0.05) is 42.5 Å². The average Bonchev–Trinajstić information content (AvgIpc) is 2.81. The van der Waals surface area contributed by atoms with Crippen LogP contribution in [0.5, 0.6) is 0 Å². The molecule has 9 nitrogen and oxygen atoms in total. The quantitative estimate of drug-likeness (QED) is 0.391. The van der Waals surface area contributed by atoms with Crippen LogP contribution in [-0.2, 0) is 22.6 Å². The van der Waals surface area contributed by atoms with Gasteiger partial charge in [-0.05, 0) is 42.9 Å². The maximum Gasteiger partial charge on any atom is 0.407 e. The number of amides is 4. The van der Waals surface area contributed by atoms with Crippen LogP contribution in [0.4, 0.5) is 14.4 Å². The van der Waals surface area contributed by atoms with Crippen LogP contribution >= 0.6 is 0 Å². The SMILES string of the molecule is CCOC(=O)NCc1cccc(CNC(=O)OCCCNC(=O)NCC2=CCCC=C2)c1. The first kappa shape index (κ1) is 24.8. The second-order valence-electron chi connectivity index (χ2n) is 7.11. The zero-order valence-electron chi connectivity index (χ0n) is 18.4. The Morgan fingerprint density at radius 2 is 1.62 bits per heavy atom. The van der Waals surface area contributed by atoms with E-state index in [4.69, 9.17) is 9.47 Å². The van der Waals surface area contributed by atoms with Crippen LogP contribution in [0.2, 0.25) is 0 Å². The van der Waals surface area contributed by atoms with Gasteiger partial charge in [0, 0.05) is 26.2 Å². The molecule has 0 atom stereocenters. The van der Waals surface area contributed by atoms with Crippen molar-refractivity contribution in [1.29, 1.82) is 0 Å². The minimum absolute atomic E-state index is 0.198. The summed E-state index contributed by atoms with van der Waals surface area (Å²) >= 11 is 0. The van der Waals surface area contributed by atoms with Crippen molar-refractivity contribution in [3.63, 3.8) is 0 Å². The van der Waals surface area contributed by atoms with E-state index in [2.05, 4.69) is 33.4 Å². The number of rotatable bonds is 11. The van der Waals surface area contributed by atoms with Crippen LogP contribution in [0.3, 0.4) is 0 Å². The third-order valence-corrected chi connectivity index (χ3v) is 4.51. The van der Waals surface area contributed by atoms with Gasteiger partial charge in [0.15, 0.2) is 0 Å². The fourth-order valence-electron chi connectivity index (χ4n) is 2.91. The number of alkyl carbamates (subject to hydrolysis) is 2. The Kier molecular flexibility index (Phi) is 11.2. The average molecular weight is 445 g/mol. The highest BCUT2D eigenvalue weighted by molar-refractivity contribution is 5.74. The van der Waals surface area contributed by atoms with Crippen molar-refractivity contribution < 1.29 is 23.9 Å². The molecule has 0 unspecified atom stereocenters. The lowest BCUT2D eigenvalue weighted by Gasteiger charge is -2.11. The van der Waals surface area contributed by atoms with Gasteiger partial charge < -0.3 is 30.7 Å². The van der Waals surface area contributed by atoms with Crippen molar-refractivity contribution in [1.82, 2.24) is 21.3 Å². The number of nitrogens with one attached hydrogen (secondary N) is 4. The topological polar surface area (TPSA) is 118 Å². The summed E-state index contributed by atoms with van der Waals surface area (Å²) in [5, 5.41) is 10.9. The van der Waals surface area contributed by atoms with Crippen molar-refractivity contribution in [3.05, 3.63) is 59.2 Å². The summed E-state index contributed by atoms with van der Waals surface area (Å²) in [6.07, 6.45) is 7.80. The van der Waals surface area contributed by atoms with Gasteiger partial charge in [-0.15, -0.1) is 0 Å². The Morgan fingerprint density at radius 3 is 2.28 bits per heavy atom. The molecule has 0 radical (unpaired) electrons. The summed E-state index contributed by atoms with van der Waals surface area (Å²) in [5.74, 6) is 0. The second kappa shape index (κ2) is 14.5. The molecule has 174 valence electrons. The lowest BCUT2D eigenvalue weighted by molar-refractivity contribution is 0.144. The minimum atomic E-state index is -0.527. The van der Waals surface area contributed by atoms with Crippen molar-refractivity contribution in [2.75, 3.05) is 26.3 Å². The Bertz CT molecular complexity index is 822. The molecule has 9 heteroatoms. The van der Waals surface area contributed by atoms with Gasteiger partial charge in [-0.25, -0.2) is 14.4 Å². The molecule has 4 amide bonds. The van der Waals surface area contributed by atoms with Gasteiger partial charge >= 0.3 is 18.2 Å². The lowest BCUT2D eigenvalue weighted by Crippen LogP contribution is -2.37. The van der Waals surface area contributed by atoms with E-state index in [0.29, 0.717) is 39.2 Å². The van der Waals surface area contributed by atoms with Gasteiger partial charge in [0.25, 0.3) is 0 Å². The third kappa shape index (κ3) is 10.5. The molecular weight excluding hydrogens is 412 g/mol. The zero-order chi connectivity index (χ0) is 23.0. The summed E-state index contributed by atoms with van der Waals surface area (Å²) < 4.78 is 9.95. The monoisotopic (exact) mass is 444 g/mol. The molecule has 1 aliphatic rings. The summed E-state index contributed by atoms with van der Waals surface area (Å²) in [6.45, 7) is 3.81. The Hall–Kier alpha value is -3.49. The molecule has 0 saturated heterocycles. The lowest BCUT2D eigenvalue weighted by atomic mass is 10.1. The molecule has 32 heavy (non-hydrogen) atoms. The standard InChI is InChI=1S/C23H32N4O5/c1-2-31-22(29)26-16-19-10-6-11-20(14-19)17-27-23(30)32-13-7-12-24-21(28)25-15-18-8-4-3-5-9-18/h4,6,8-11,14H,2-3,5,7,12-13,15-17H2,1H3,(H,26,29)(H,27,30)(H2,24,25,28). The van der Waals surface area contributed by atoms with Crippen molar-refractivity contribution in [2.24, 2.45) is 0 Å². The van der Waals surface area contributed by atoms with E-state index < -0.39 is 12.2 Å². The number of carbonyl (C=O) groups excluding carboxylic acids is 3. The molecule has 0 aromatic heterocycles. The summed E-state index contributed by atoms with van der Waals surface area (Å²) in [6, 6.07) is 7.23. The van der Waals surface area contributed by atoms with E-state index in [1.54, 1.807) is 6.92 Å². The van der Waals surface area contributed by atoms with Crippen LogP contribution in [0, 0.1) is 0 Å². The highest BCUT2D eigenvalue weighted by Crippen LogP contribution is 2.08. The van der Waals surface area contributed by atoms with Crippen LogP contribution in [-0.4, -0.2) is 44.5 Å². The van der Waals surface area contributed by atoms with Crippen LogP contribution < -0.4 is 21.3 Å². The van der Waals surface area contributed by atoms with Crippen LogP contribution in [0.25, 0.3) is 0 Å². The number of carbonyl (C=O) groups is 3. The molecule has 0 heterocycles. The number of benzene rings is 1. The van der Waals surface area contributed by atoms with Crippen molar-refractivity contribution >= 4 is 18.2 Å². The Morgan fingerprint density at radius 1 is 0.906 bits per heavy atom. The number of ether oxygens (including phenoxy) is 2.